The molecule has 0 aromatic heterocycles. The summed E-state index contributed by atoms with van der Waals surface area (Å²) in [5.41, 5.74) is 0.848. The summed E-state index contributed by atoms with van der Waals surface area (Å²) in [7, 11) is 7.47. The van der Waals surface area contributed by atoms with Crippen LogP contribution in [0.4, 0.5) is 0 Å². The predicted octanol–water partition coefficient (Wildman–Crippen LogP) is 1.51. The van der Waals surface area contributed by atoms with E-state index in [2.05, 4.69) is 19.0 Å². The van der Waals surface area contributed by atoms with Crippen molar-refractivity contribution in [2.75, 3.05) is 47.9 Å². The Morgan fingerprint density at radius 1 is 1.33 bits per heavy atom. The molecule has 30 heavy (non-hydrogen) atoms. The molecule has 0 radical (unpaired) electrons. The predicted molar refractivity (Wildman–Crippen MR) is 111 cm³/mol. The molecule has 8 heteroatoms. The topological polar surface area (TPSA) is 88.5 Å². The molecule has 166 valence electrons. The molecule has 1 spiro atoms. The number of carbonyl (C=O) groups is 2. The van der Waals surface area contributed by atoms with Crippen molar-refractivity contribution in [1.82, 2.24) is 9.80 Å². The molecule has 2 bridgehead atoms. The molecule has 3 fully saturated rings. The fourth-order valence-corrected chi connectivity index (χ4v) is 5.32. The summed E-state index contributed by atoms with van der Waals surface area (Å²) < 4.78 is 17.1. The van der Waals surface area contributed by atoms with Crippen molar-refractivity contribution in [3.63, 3.8) is 0 Å². The molecule has 3 heterocycles. The van der Waals surface area contributed by atoms with E-state index in [0.717, 1.165) is 38.0 Å². The zero-order chi connectivity index (χ0) is 21.9. The first-order valence-corrected chi connectivity index (χ1v) is 10.3. The molecular weight excluding hydrogens is 388 g/mol. The molecule has 3 aliphatic rings. The van der Waals surface area contributed by atoms with Crippen LogP contribution >= 0.6 is 0 Å². The first-order valence-electron chi connectivity index (χ1n) is 10.3. The van der Waals surface area contributed by atoms with Crippen LogP contribution in [0, 0.1) is 11.8 Å². The van der Waals surface area contributed by atoms with Crippen molar-refractivity contribution in [2.45, 2.75) is 31.0 Å². The van der Waals surface area contributed by atoms with Gasteiger partial charge in [0.1, 0.15) is 0 Å². The van der Waals surface area contributed by atoms with Gasteiger partial charge in [-0.25, -0.2) is 0 Å². The number of hydrogen-bond donors (Lipinski definition) is 1. The highest BCUT2D eigenvalue weighted by molar-refractivity contribution is 5.79. The Bertz CT molecular complexity index is 770. The third-order valence-electron chi connectivity index (χ3n) is 6.52. The van der Waals surface area contributed by atoms with Crippen LogP contribution < -0.4 is 9.47 Å². The largest absolute Gasteiger partial charge is 0.493 e. The van der Waals surface area contributed by atoms with E-state index in [1.165, 1.54) is 0 Å². The fraction of sp³-hybridized carbons (Fsp3) is 0.636. The minimum atomic E-state index is -0.250. The molecule has 1 aromatic rings. The number of fused-ring (bicyclic) bond motifs is 1. The van der Waals surface area contributed by atoms with Crippen molar-refractivity contribution in [3.05, 3.63) is 23.8 Å². The molecule has 1 N–H and O–H groups in total. The van der Waals surface area contributed by atoms with Crippen molar-refractivity contribution in [3.8, 4) is 11.5 Å². The molecule has 0 unspecified atom stereocenters. The van der Waals surface area contributed by atoms with Crippen LogP contribution in [0.25, 0.3) is 0 Å². The first kappa shape index (κ1) is 22.4. The van der Waals surface area contributed by atoms with E-state index in [4.69, 9.17) is 24.1 Å². The molecule has 4 atom stereocenters. The van der Waals surface area contributed by atoms with Gasteiger partial charge in [-0.1, -0.05) is 6.07 Å². The number of amides is 1. The summed E-state index contributed by atoms with van der Waals surface area (Å²) in [5, 5.41) is 6.89. The van der Waals surface area contributed by atoms with Gasteiger partial charge in [0.2, 0.25) is 5.91 Å². The van der Waals surface area contributed by atoms with Gasteiger partial charge in [-0.2, -0.15) is 0 Å². The minimum absolute atomic E-state index is 0.0986. The zero-order valence-electron chi connectivity index (χ0n) is 18.2. The van der Waals surface area contributed by atoms with Crippen molar-refractivity contribution >= 4 is 12.4 Å². The van der Waals surface area contributed by atoms with Gasteiger partial charge in [0.25, 0.3) is 6.47 Å². The number of ether oxygens (including phenoxy) is 3. The fourth-order valence-electron chi connectivity index (χ4n) is 5.32. The van der Waals surface area contributed by atoms with Gasteiger partial charge < -0.3 is 29.1 Å². The van der Waals surface area contributed by atoms with Crippen LogP contribution in [0.3, 0.4) is 0 Å². The van der Waals surface area contributed by atoms with E-state index in [0.29, 0.717) is 35.9 Å². The molecule has 8 nitrogen and oxygen atoms in total. The Hall–Kier alpha value is -2.32. The molecule has 0 aliphatic carbocycles. The maximum Gasteiger partial charge on any atom is 0.290 e. The minimum Gasteiger partial charge on any atom is -0.493 e. The molecule has 1 amide bonds. The quantitative estimate of drug-likeness (QED) is 0.698. The first-order chi connectivity index (χ1) is 14.4. The van der Waals surface area contributed by atoms with Crippen LogP contribution in [-0.2, 0) is 20.7 Å². The molecule has 3 aliphatic heterocycles. The molecular formula is C22H32N2O6. The highest BCUT2D eigenvalue weighted by atomic mass is 16.5. The number of nitrogens with zero attached hydrogens (tertiary/aromatic N) is 2. The number of carbonyl (C=O) groups excluding carboxylic acids is 1. The number of carboxylic acid groups (broad SMARTS) is 1. The third-order valence-corrected chi connectivity index (χ3v) is 6.52. The van der Waals surface area contributed by atoms with Crippen molar-refractivity contribution in [2.24, 2.45) is 11.8 Å². The van der Waals surface area contributed by atoms with E-state index in [9.17, 15) is 4.79 Å². The van der Waals surface area contributed by atoms with Gasteiger partial charge in [-0.05, 0) is 44.6 Å². The molecule has 3 saturated heterocycles. The van der Waals surface area contributed by atoms with Gasteiger partial charge >= 0.3 is 0 Å². The lowest BCUT2D eigenvalue weighted by Crippen LogP contribution is -2.40. The average Bonchev–Trinajstić information content (AvgIpc) is 3.38. The number of methoxy groups -OCH3 is 2. The van der Waals surface area contributed by atoms with Crippen LogP contribution in [0.1, 0.15) is 18.4 Å². The van der Waals surface area contributed by atoms with E-state index < -0.39 is 0 Å². The van der Waals surface area contributed by atoms with Crippen LogP contribution in [-0.4, -0.2) is 86.9 Å². The second kappa shape index (κ2) is 9.22. The third kappa shape index (κ3) is 4.25. The van der Waals surface area contributed by atoms with Gasteiger partial charge in [-0.3, -0.25) is 9.59 Å². The van der Waals surface area contributed by atoms with Crippen molar-refractivity contribution in [1.29, 1.82) is 0 Å². The average molecular weight is 421 g/mol. The summed E-state index contributed by atoms with van der Waals surface area (Å²) in [6, 6.07) is 5.69. The summed E-state index contributed by atoms with van der Waals surface area (Å²) in [5.74, 6) is 2.51. The molecule has 1 aromatic carbocycles. The smallest absolute Gasteiger partial charge is 0.290 e. The summed E-state index contributed by atoms with van der Waals surface area (Å²) in [6.07, 6.45) is 2.98. The van der Waals surface area contributed by atoms with Gasteiger partial charge in [-0.15, -0.1) is 0 Å². The lowest BCUT2D eigenvalue weighted by molar-refractivity contribution is -0.131. The van der Waals surface area contributed by atoms with E-state index in [1.807, 2.05) is 23.1 Å². The molecule has 4 rings (SSSR count). The van der Waals surface area contributed by atoms with Gasteiger partial charge in [0, 0.05) is 24.9 Å². The second-order valence-electron chi connectivity index (χ2n) is 8.54. The highest BCUT2D eigenvalue weighted by Gasteiger charge is 2.63. The Kier molecular flexibility index (Phi) is 6.88. The maximum atomic E-state index is 13.0. The Balaban J connectivity index is 0.000000806. The second-order valence-corrected chi connectivity index (χ2v) is 8.54. The van der Waals surface area contributed by atoms with E-state index >= 15 is 0 Å². The van der Waals surface area contributed by atoms with E-state index in [1.54, 1.807) is 14.2 Å². The number of rotatable bonds is 6. The summed E-state index contributed by atoms with van der Waals surface area (Å²) >= 11 is 0. The van der Waals surface area contributed by atoms with Crippen molar-refractivity contribution < 1.29 is 28.9 Å². The summed E-state index contributed by atoms with van der Waals surface area (Å²) in [4.78, 5) is 25.6. The lowest BCUT2D eigenvalue weighted by Gasteiger charge is -2.30. The Labute approximate surface area is 177 Å². The Morgan fingerprint density at radius 2 is 2.03 bits per heavy atom. The highest BCUT2D eigenvalue weighted by Crippen LogP contribution is 2.55. The van der Waals surface area contributed by atoms with E-state index in [-0.39, 0.29) is 18.0 Å². The zero-order valence-corrected chi connectivity index (χ0v) is 18.2. The lowest BCUT2D eigenvalue weighted by atomic mass is 9.73. The monoisotopic (exact) mass is 420 g/mol. The number of benzene rings is 1. The summed E-state index contributed by atoms with van der Waals surface area (Å²) in [6.45, 7) is 2.35. The SMILES string of the molecule is COc1ccc(CC(=O)N2C[C@@H]3[C@H](CN(C)C)[C@H]4CC[C@]3(C2)O4)cc1OC.O=CO. The van der Waals surface area contributed by atoms with Gasteiger partial charge in [0.05, 0.1) is 38.9 Å². The maximum absolute atomic E-state index is 13.0. The standard InChI is InChI=1S/C21H30N2O4.CH2O2/c1-22(2)11-15-16-12-23(13-21(16)8-7-17(15)27-21)20(24)10-14-5-6-18(25-3)19(9-14)26-4;2-1-3/h5-6,9,15-17H,7-8,10-13H2,1-4H3;1H,(H,2,3)/t15-,16+,17+,21+;/m0./s1. The Morgan fingerprint density at radius 3 is 2.67 bits per heavy atom. The van der Waals surface area contributed by atoms with Crippen LogP contribution in [0.15, 0.2) is 18.2 Å². The number of likely N-dealkylation sites (tertiary alicyclic amines) is 1. The normalized spacial score (nSPS) is 28.7. The van der Waals surface area contributed by atoms with Crippen LogP contribution in [0.5, 0.6) is 11.5 Å². The number of hydrogen-bond acceptors (Lipinski definition) is 6. The molecule has 0 saturated carbocycles. The van der Waals surface area contributed by atoms with Crippen LogP contribution in [0.2, 0.25) is 0 Å². The van der Waals surface area contributed by atoms with Gasteiger partial charge in [0.15, 0.2) is 11.5 Å².